The number of carbonyl (C=O) groups excluding carboxylic acids is 1. The summed E-state index contributed by atoms with van der Waals surface area (Å²) in [5.41, 5.74) is 1.57. The molecular formula is C11H10BrNO2. The second-order valence-corrected chi connectivity index (χ2v) is 4.20. The number of ether oxygens (including phenoxy) is 1. The summed E-state index contributed by atoms with van der Waals surface area (Å²) in [5, 5.41) is 1.03. The molecule has 1 aromatic carbocycles. The van der Waals surface area contributed by atoms with E-state index in [1.807, 2.05) is 35.9 Å². The van der Waals surface area contributed by atoms with Crippen LogP contribution in [0.15, 0.2) is 28.7 Å². The van der Waals surface area contributed by atoms with Crippen molar-refractivity contribution in [2.45, 2.75) is 0 Å². The lowest BCUT2D eigenvalue weighted by Gasteiger charge is -2.01. The molecule has 0 unspecified atom stereocenters. The van der Waals surface area contributed by atoms with Crippen LogP contribution < -0.4 is 0 Å². The van der Waals surface area contributed by atoms with Gasteiger partial charge in [0.15, 0.2) is 0 Å². The molecule has 1 aromatic heterocycles. The molecule has 0 aliphatic heterocycles. The van der Waals surface area contributed by atoms with Crippen molar-refractivity contribution < 1.29 is 9.53 Å². The quantitative estimate of drug-likeness (QED) is 0.744. The lowest BCUT2D eigenvalue weighted by Crippen LogP contribution is -2.06. The molecular weight excluding hydrogens is 258 g/mol. The number of hydrogen-bond acceptors (Lipinski definition) is 2. The van der Waals surface area contributed by atoms with Gasteiger partial charge >= 0.3 is 5.97 Å². The Hall–Kier alpha value is -1.29. The van der Waals surface area contributed by atoms with E-state index in [0.717, 1.165) is 15.4 Å². The van der Waals surface area contributed by atoms with Gasteiger partial charge in [-0.1, -0.05) is 22.0 Å². The molecule has 3 nitrogen and oxygen atoms in total. The highest BCUT2D eigenvalue weighted by Crippen LogP contribution is 2.23. The molecule has 0 aliphatic carbocycles. The Bertz CT molecular complexity index is 531. The smallest absolute Gasteiger partial charge is 0.354 e. The van der Waals surface area contributed by atoms with Crippen LogP contribution in [0.1, 0.15) is 10.5 Å². The molecule has 0 amide bonds. The molecule has 1 heterocycles. The van der Waals surface area contributed by atoms with E-state index in [1.165, 1.54) is 7.11 Å². The highest BCUT2D eigenvalue weighted by molar-refractivity contribution is 9.10. The van der Waals surface area contributed by atoms with Crippen molar-refractivity contribution >= 4 is 32.8 Å². The third-order valence-electron chi connectivity index (χ3n) is 2.40. The van der Waals surface area contributed by atoms with Crippen LogP contribution in [0.2, 0.25) is 0 Å². The SMILES string of the molecule is COC(=O)c1cc2ccc(Br)cc2n1C. The summed E-state index contributed by atoms with van der Waals surface area (Å²) in [6, 6.07) is 7.71. The van der Waals surface area contributed by atoms with E-state index in [-0.39, 0.29) is 5.97 Å². The van der Waals surface area contributed by atoms with Gasteiger partial charge in [-0.2, -0.15) is 0 Å². The zero-order chi connectivity index (χ0) is 11.0. The summed E-state index contributed by atoms with van der Waals surface area (Å²) < 4.78 is 7.52. The highest BCUT2D eigenvalue weighted by atomic mass is 79.9. The van der Waals surface area contributed by atoms with E-state index in [1.54, 1.807) is 0 Å². The first kappa shape index (κ1) is 10.2. The van der Waals surface area contributed by atoms with Gasteiger partial charge in [-0.3, -0.25) is 0 Å². The third-order valence-corrected chi connectivity index (χ3v) is 2.90. The molecule has 0 saturated heterocycles. The molecule has 0 radical (unpaired) electrons. The number of halogens is 1. The number of aromatic nitrogens is 1. The van der Waals surface area contributed by atoms with Gasteiger partial charge in [0.1, 0.15) is 5.69 Å². The van der Waals surface area contributed by atoms with E-state index in [0.29, 0.717) is 5.69 Å². The van der Waals surface area contributed by atoms with Gasteiger partial charge in [-0.15, -0.1) is 0 Å². The molecule has 0 aliphatic rings. The normalized spacial score (nSPS) is 10.6. The predicted octanol–water partition coefficient (Wildman–Crippen LogP) is 2.73. The number of benzene rings is 1. The lowest BCUT2D eigenvalue weighted by molar-refractivity contribution is 0.0590. The first-order valence-electron chi connectivity index (χ1n) is 4.47. The van der Waals surface area contributed by atoms with E-state index < -0.39 is 0 Å². The molecule has 0 spiro atoms. The van der Waals surface area contributed by atoms with Gasteiger partial charge in [0.25, 0.3) is 0 Å². The fraction of sp³-hybridized carbons (Fsp3) is 0.182. The minimum absolute atomic E-state index is 0.315. The Kier molecular flexibility index (Phi) is 2.52. The van der Waals surface area contributed by atoms with Crippen molar-refractivity contribution in [3.63, 3.8) is 0 Å². The Labute approximate surface area is 95.8 Å². The second kappa shape index (κ2) is 3.70. The molecule has 4 heteroatoms. The van der Waals surface area contributed by atoms with Crippen molar-refractivity contribution in [3.8, 4) is 0 Å². The summed E-state index contributed by atoms with van der Waals surface area (Å²) in [5.74, 6) is -0.315. The van der Waals surface area contributed by atoms with Gasteiger partial charge in [0, 0.05) is 22.4 Å². The van der Waals surface area contributed by atoms with Crippen LogP contribution >= 0.6 is 15.9 Å². The van der Waals surface area contributed by atoms with Gasteiger partial charge in [-0.25, -0.2) is 4.79 Å². The molecule has 78 valence electrons. The number of aryl methyl sites for hydroxylation is 1. The van der Waals surface area contributed by atoms with Crippen LogP contribution in [-0.2, 0) is 11.8 Å². The van der Waals surface area contributed by atoms with Crippen LogP contribution in [0.3, 0.4) is 0 Å². The van der Waals surface area contributed by atoms with E-state index in [9.17, 15) is 4.79 Å². The number of esters is 1. The zero-order valence-electron chi connectivity index (χ0n) is 8.45. The Balaban J connectivity index is 2.69. The van der Waals surface area contributed by atoms with Crippen LogP contribution in [0, 0.1) is 0 Å². The first-order chi connectivity index (χ1) is 7.13. The van der Waals surface area contributed by atoms with Gasteiger partial charge < -0.3 is 9.30 Å². The molecule has 15 heavy (non-hydrogen) atoms. The fourth-order valence-electron chi connectivity index (χ4n) is 1.60. The van der Waals surface area contributed by atoms with Crippen LogP contribution in [0.5, 0.6) is 0 Å². The lowest BCUT2D eigenvalue weighted by atomic mass is 10.2. The Morgan fingerprint density at radius 3 is 2.80 bits per heavy atom. The molecule has 2 rings (SSSR count). The van der Waals surface area contributed by atoms with Crippen molar-refractivity contribution in [1.29, 1.82) is 0 Å². The average Bonchev–Trinajstić information content (AvgIpc) is 2.55. The molecule has 0 saturated carbocycles. The molecule has 0 N–H and O–H groups in total. The second-order valence-electron chi connectivity index (χ2n) is 3.28. The fourth-order valence-corrected chi connectivity index (χ4v) is 1.95. The number of fused-ring (bicyclic) bond motifs is 1. The van der Waals surface area contributed by atoms with E-state index in [4.69, 9.17) is 4.74 Å². The maximum Gasteiger partial charge on any atom is 0.354 e. The number of methoxy groups -OCH3 is 1. The Morgan fingerprint density at radius 1 is 1.40 bits per heavy atom. The van der Waals surface area contributed by atoms with Gasteiger partial charge in [0.2, 0.25) is 0 Å². The topological polar surface area (TPSA) is 31.2 Å². The minimum Gasteiger partial charge on any atom is -0.464 e. The highest BCUT2D eigenvalue weighted by Gasteiger charge is 2.13. The van der Waals surface area contributed by atoms with Gasteiger partial charge in [0.05, 0.1) is 7.11 Å². The maximum absolute atomic E-state index is 11.4. The van der Waals surface area contributed by atoms with Gasteiger partial charge in [-0.05, 0) is 18.2 Å². The van der Waals surface area contributed by atoms with Crippen LogP contribution in [-0.4, -0.2) is 17.6 Å². The number of rotatable bonds is 1. The average molecular weight is 268 g/mol. The van der Waals surface area contributed by atoms with Crippen molar-refractivity contribution in [2.24, 2.45) is 7.05 Å². The van der Waals surface area contributed by atoms with E-state index >= 15 is 0 Å². The summed E-state index contributed by atoms with van der Waals surface area (Å²) >= 11 is 3.40. The molecule has 0 fully saturated rings. The monoisotopic (exact) mass is 267 g/mol. The largest absolute Gasteiger partial charge is 0.464 e. The molecule has 0 bridgehead atoms. The number of carbonyl (C=O) groups is 1. The standard InChI is InChI=1S/C11H10BrNO2/c1-13-9-6-8(12)4-3-7(9)5-10(13)11(14)15-2/h3-6H,1-2H3. The summed E-state index contributed by atoms with van der Waals surface area (Å²) in [6.07, 6.45) is 0. The molecule has 2 aromatic rings. The van der Waals surface area contributed by atoms with Crippen LogP contribution in [0.4, 0.5) is 0 Å². The number of nitrogens with zero attached hydrogens (tertiary/aromatic N) is 1. The Morgan fingerprint density at radius 2 is 2.13 bits per heavy atom. The van der Waals surface area contributed by atoms with E-state index in [2.05, 4.69) is 15.9 Å². The van der Waals surface area contributed by atoms with Crippen molar-refractivity contribution in [2.75, 3.05) is 7.11 Å². The van der Waals surface area contributed by atoms with Crippen LogP contribution in [0.25, 0.3) is 10.9 Å². The zero-order valence-corrected chi connectivity index (χ0v) is 10.0. The predicted molar refractivity (Wildman–Crippen MR) is 62.0 cm³/mol. The molecule has 0 atom stereocenters. The number of hydrogen-bond donors (Lipinski definition) is 0. The summed E-state index contributed by atoms with van der Waals surface area (Å²) in [6.45, 7) is 0. The van der Waals surface area contributed by atoms with Crippen molar-refractivity contribution in [3.05, 3.63) is 34.4 Å². The van der Waals surface area contributed by atoms with Crippen molar-refractivity contribution in [1.82, 2.24) is 4.57 Å². The maximum atomic E-state index is 11.4. The first-order valence-corrected chi connectivity index (χ1v) is 5.26. The third kappa shape index (κ3) is 1.65. The minimum atomic E-state index is -0.315. The summed E-state index contributed by atoms with van der Waals surface area (Å²) in [7, 11) is 3.23. The summed E-state index contributed by atoms with van der Waals surface area (Å²) in [4.78, 5) is 11.4.